The topological polar surface area (TPSA) is 53.4 Å². The predicted octanol–water partition coefficient (Wildman–Crippen LogP) is 1.70. The van der Waals surface area contributed by atoms with Crippen molar-refractivity contribution in [3.8, 4) is 0 Å². The minimum absolute atomic E-state index is 0.0586. The van der Waals surface area contributed by atoms with Crippen LogP contribution in [0.3, 0.4) is 0 Å². The fourth-order valence-electron chi connectivity index (χ4n) is 3.33. The van der Waals surface area contributed by atoms with E-state index in [0.717, 1.165) is 31.6 Å². The Kier molecular flexibility index (Phi) is 5.68. The van der Waals surface area contributed by atoms with E-state index >= 15 is 0 Å². The molecule has 2 atom stereocenters. The van der Waals surface area contributed by atoms with Gasteiger partial charge in [-0.1, -0.05) is 0 Å². The van der Waals surface area contributed by atoms with Crippen molar-refractivity contribution in [1.29, 1.82) is 0 Å². The molecular formula is C17H31N5O. The molecule has 2 rings (SSSR count). The van der Waals surface area contributed by atoms with Crippen LogP contribution in [0.25, 0.3) is 0 Å². The fourth-order valence-corrected chi connectivity index (χ4v) is 3.33. The first-order chi connectivity index (χ1) is 10.8. The lowest BCUT2D eigenvalue weighted by molar-refractivity contribution is 0.138. The molecule has 1 aromatic heterocycles. The molecule has 6 heteroatoms. The van der Waals surface area contributed by atoms with Crippen LogP contribution in [-0.2, 0) is 13.5 Å². The Hall–Kier alpha value is -1.56. The number of aromatic nitrogens is 2. The van der Waals surface area contributed by atoms with Gasteiger partial charge in [-0.2, -0.15) is 5.10 Å². The van der Waals surface area contributed by atoms with Crippen molar-refractivity contribution < 1.29 is 4.79 Å². The summed E-state index contributed by atoms with van der Waals surface area (Å²) in [6.45, 7) is 7.85. The zero-order valence-corrected chi connectivity index (χ0v) is 15.4. The Labute approximate surface area is 139 Å². The van der Waals surface area contributed by atoms with Gasteiger partial charge in [0.15, 0.2) is 0 Å². The molecule has 1 aliphatic heterocycles. The van der Waals surface area contributed by atoms with Crippen LogP contribution in [0.4, 0.5) is 4.79 Å². The van der Waals surface area contributed by atoms with E-state index in [-0.39, 0.29) is 12.1 Å². The normalized spacial score (nSPS) is 20.0. The molecule has 0 radical (unpaired) electrons. The molecule has 0 aliphatic carbocycles. The smallest absolute Gasteiger partial charge is 0.317 e. The maximum absolute atomic E-state index is 12.5. The van der Waals surface area contributed by atoms with E-state index in [4.69, 9.17) is 0 Å². The minimum atomic E-state index is 0.0586. The van der Waals surface area contributed by atoms with E-state index in [9.17, 15) is 4.79 Å². The molecule has 2 heterocycles. The molecule has 2 amide bonds. The molecule has 0 unspecified atom stereocenters. The standard InChI is InChI=1S/C17H31N5O/c1-12(10-16-13(2)19-21(6)14(16)3)18-17(23)22-9-7-8-15(11-22)20(4)5/h12,15H,7-11H2,1-6H3,(H,18,23)/t12-,15+/m1/s1. The molecule has 23 heavy (non-hydrogen) atoms. The number of nitrogens with zero attached hydrogens (tertiary/aromatic N) is 4. The Balaban J connectivity index is 1.92. The van der Waals surface area contributed by atoms with Gasteiger partial charge in [-0.3, -0.25) is 4.68 Å². The van der Waals surface area contributed by atoms with Gasteiger partial charge in [0.2, 0.25) is 0 Å². The van der Waals surface area contributed by atoms with Gasteiger partial charge in [0.25, 0.3) is 0 Å². The number of hydrogen-bond donors (Lipinski definition) is 1. The highest BCUT2D eigenvalue weighted by Gasteiger charge is 2.25. The second-order valence-electron chi connectivity index (χ2n) is 7.03. The molecule has 1 saturated heterocycles. The van der Waals surface area contributed by atoms with Crippen molar-refractivity contribution in [3.05, 3.63) is 17.0 Å². The quantitative estimate of drug-likeness (QED) is 0.918. The first kappa shape index (κ1) is 17.8. The number of likely N-dealkylation sites (tertiary alicyclic amines) is 1. The second-order valence-corrected chi connectivity index (χ2v) is 7.03. The number of carbonyl (C=O) groups excluding carboxylic acids is 1. The molecule has 130 valence electrons. The lowest BCUT2D eigenvalue weighted by atomic mass is 10.0. The van der Waals surface area contributed by atoms with Crippen molar-refractivity contribution in [2.24, 2.45) is 7.05 Å². The zero-order valence-electron chi connectivity index (χ0n) is 15.4. The maximum Gasteiger partial charge on any atom is 0.317 e. The average molecular weight is 321 g/mol. The number of likely N-dealkylation sites (N-methyl/N-ethyl adjacent to an activating group) is 1. The number of hydrogen-bond acceptors (Lipinski definition) is 3. The van der Waals surface area contributed by atoms with Crippen molar-refractivity contribution in [3.63, 3.8) is 0 Å². The molecule has 1 fully saturated rings. The molecule has 0 saturated carbocycles. The van der Waals surface area contributed by atoms with Crippen LogP contribution >= 0.6 is 0 Å². The van der Waals surface area contributed by atoms with Crippen LogP contribution < -0.4 is 5.32 Å². The van der Waals surface area contributed by atoms with Gasteiger partial charge in [-0.05, 0) is 59.7 Å². The van der Waals surface area contributed by atoms with E-state index in [1.165, 1.54) is 17.7 Å². The van der Waals surface area contributed by atoms with Gasteiger partial charge >= 0.3 is 6.03 Å². The Bertz CT molecular complexity index is 551. The first-order valence-corrected chi connectivity index (χ1v) is 8.50. The Morgan fingerprint density at radius 2 is 2.13 bits per heavy atom. The number of aryl methyl sites for hydroxylation is 2. The zero-order chi connectivity index (χ0) is 17.1. The van der Waals surface area contributed by atoms with E-state index < -0.39 is 0 Å². The lowest BCUT2D eigenvalue weighted by Gasteiger charge is -2.36. The number of amides is 2. The Morgan fingerprint density at radius 3 is 2.70 bits per heavy atom. The third kappa shape index (κ3) is 4.25. The highest BCUT2D eigenvalue weighted by Crippen LogP contribution is 2.16. The van der Waals surface area contributed by atoms with Crippen LogP contribution in [0.2, 0.25) is 0 Å². The summed E-state index contributed by atoms with van der Waals surface area (Å²) in [6.07, 6.45) is 3.06. The SMILES string of the molecule is Cc1nn(C)c(C)c1C[C@@H](C)NC(=O)N1CCC[C@H](N(C)C)C1. The van der Waals surface area contributed by atoms with E-state index in [1.54, 1.807) is 0 Å². The minimum Gasteiger partial charge on any atom is -0.335 e. The summed E-state index contributed by atoms with van der Waals surface area (Å²) < 4.78 is 1.91. The third-order valence-corrected chi connectivity index (χ3v) is 4.95. The van der Waals surface area contributed by atoms with Crippen molar-refractivity contribution in [2.75, 3.05) is 27.2 Å². The number of urea groups is 1. The number of carbonyl (C=O) groups is 1. The summed E-state index contributed by atoms with van der Waals surface area (Å²) in [5.41, 5.74) is 3.47. The molecule has 1 aromatic rings. The Morgan fingerprint density at radius 1 is 1.43 bits per heavy atom. The molecule has 0 spiro atoms. The van der Waals surface area contributed by atoms with Gasteiger partial charge in [-0.25, -0.2) is 4.79 Å². The first-order valence-electron chi connectivity index (χ1n) is 8.50. The molecular weight excluding hydrogens is 290 g/mol. The average Bonchev–Trinajstić information content (AvgIpc) is 2.73. The third-order valence-electron chi connectivity index (χ3n) is 4.95. The summed E-state index contributed by atoms with van der Waals surface area (Å²) in [6, 6.07) is 0.625. The number of nitrogens with one attached hydrogen (secondary N) is 1. The summed E-state index contributed by atoms with van der Waals surface area (Å²) in [7, 11) is 6.13. The van der Waals surface area contributed by atoms with Gasteiger partial charge in [0.1, 0.15) is 0 Å². The molecule has 1 aliphatic rings. The van der Waals surface area contributed by atoms with Gasteiger partial charge in [0.05, 0.1) is 5.69 Å². The van der Waals surface area contributed by atoms with Crippen LogP contribution in [-0.4, -0.2) is 64.9 Å². The summed E-state index contributed by atoms with van der Waals surface area (Å²) in [5, 5.41) is 7.60. The molecule has 1 N–H and O–H groups in total. The maximum atomic E-state index is 12.5. The van der Waals surface area contributed by atoms with Crippen LogP contribution in [0.1, 0.15) is 36.7 Å². The van der Waals surface area contributed by atoms with Crippen LogP contribution in [0.15, 0.2) is 0 Å². The number of piperidine rings is 1. The molecule has 0 aromatic carbocycles. The summed E-state index contributed by atoms with van der Waals surface area (Å²) in [5.74, 6) is 0. The van der Waals surface area contributed by atoms with Crippen molar-refractivity contribution in [1.82, 2.24) is 24.9 Å². The highest BCUT2D eigenvalue weighted by atomic mass is 16.2. The lowest BCUT2D eigenvalue weighted by Crippen LogP contribution is -2.52. The predicted molar refractivity (Wildman–Crippen MR) is 92.7 cm³/mol. The van der Waals surface area contributed by atoms with E-state index in [0.29, 0.717) is 6.04 Å². The molecule has 6 nitrogen and oxygen atoms in total. The monoisotopic (exact) mass is 321 g/mol. The second kappa shape index (κ2) is 7.34. The van der Waals surface area contributed by atoms with Crippen LogP contribution in [0, 0.1) is 13.8 Å². The largest absolute Gasteiger partial charge is 0.335 e. The fraction of sp³-hybridized carbons (Fsp3) is 0.765. The van der Waals surface area contributed by atoms with Crippen molar-refractivity contribution in [2.45, 2.75) is 52.1 Å². The summed E-state index contributed by atoms with van der Waals surface area (Å²) >= 11 is 0. The number of rotatable bonds is 4. The van der Waals surface area contributed by atoms with Gasteiger partial charge in [-0.15, -0.1) is 0 Å². The van der Waals surface area contributed by atoms with E-state index in [2.05, 4.69) is 43.3 Å². The molecule has 0 bridgehead atoms. The van der Waals surface area contributed by atoms with Crippen LogP contribution in [0.5, 0.6) is 0 Å². The van der Waals surface area contributed by atoms with Crippen molar-refractivity contribution >= 4 is 6.03 Å². The summed E-state index contributed by atoms with van der Waals surface area (Å²) in [4.78, 5) is 16.7. The highest BCUT2D eigenvalue weighted by molar-refractivity contribution is 5.74. The van der Waals surface area contributed by atoms with E-state index in [1.807, 2.05) is 23.6 Å². The van der Waals surface area contributed by atoms with Gasteiger partial charge < -0.3 is 15.1 Å². The van der Waals surface area contributed by atoms with Gasteiger partial charge in [0, 0.05) is 37.9 Å².